The SMILES string of the molecule is CNC(=O)CN=C1NC(Cc2ccccc2)CS1. The molecule has 96 valence electrons. The molecule has 0 aliphatic carbocycles. The molecule has 5 heteroatoms. The molecular formula is C13H17N3OS. The third kappa shape index (κ3) is 3.77. The summed E-state index contributed by atoms with van der Waals surface area (Å²) in [6.07, 6.45) is 0.993. The van der Waals surface area contributed by atoms with E-state index in [1.165, 1.54) is 5.56 Å². The summed E-state index contributed by atoms with van der Waals surface area (Å²) in [6.45, 7) is 0.198. The lowest BCUT2D eigenvalue weighted by atomic mass is 10.1. The Kier molecular flexibility index (Phi) is 4.64. The van der Waals surface area contributed by atoms with E-state index in [1.54, 1.807) is 18.8 Å². The monoisotopic (exact) mass is 263 g/mol. The Morgan fingerprint density at radius 2 is 2.28 bits per heavy atom. The lowest BCUT2D eigenvalue weighted by molar-refractivity contribution is -0.119. The van der Waals surface area contributed by atoms with Gasteiger partial charge in [-0.2, -0.15) is 0 Å². The predicted octanol–water partition coefficient (Wildman–Crippen LogP) is 1.04. The fourth-order valence-corrected chi connectivity index (χ4v) is 2.73. The lowest BCUT2D eigenvalue weighted by Gasteiger charge is -2.09. The van der Waals surface area contributed by atoms with Crippen molar-refractivity contribution in [3.63, 3.8) is 0 Å². The molecule has 1 aliphatic rings. The predicted molar refractivity (Wildman–Crippen MR) is 75.9 cm³/mol. The maximum Gasteiger partial charge on any atom is 0.241 e. The first kappa shape index (κ1) is 13.0. The molecule has 18 heavy (non-hydrogen) atoms. The molecule has 0 radical (unpaired) electrons. The molecule has 2 rings (SSSR count). The average molecular weight is 263 g/mol. The number of nitrogens with zero attached hydrogens (tertiary/aromatic N) is 1. The Morgan fingerprint density at radius 1 is 1.50 bits per heavy atom. The van der Waals surface area contributed by atoms with Crippen molar-refractivity contribution in [2.45, 2.75) is 12.5 Å². The van der Waals surface area contributed by atoms with Crippen LogP contribution in [0.25, 0.3) is 0 Å². The average Bonchev–Trinajstić information content (AvgIpc) is 2.85. The van der Waals surface area contributed by atoms with Crippen LogP contribution in [0.15, 0.2) is 35.3 Å². The van der Waals surface area contributed by atoms with Gasteiger partial charge in [-0.15, -0.1) is 0 Å². The normalized spacial score (nSPS) is 20.7. The summed E-state index contributed by atoms with van der Waals surface area (Å²) in [6, 6.07) is 10.8. The van der Waals surface area contributed by atoms with E-state index in [-0.39, 0.29) is 12.5 Å². The molecule has 1 unspecified atom stereocenters. The molecule has 1 amide bonds. The van der Waals surface area contributed by atoms with Crippen molar-refractivity contribution in [2.24, 2.45) is 4.99 Å². The lowest BCUT2D eigenvalue weighted by Crippen LogP contribution is -2.30. The molecule has 1 atom stereocenters. The Balaban J connectivity index is 1.83. The minimum absolute atomic E-state index is 0.0589. The first-order chi connectivity index (χ1) is 8.78. The van der Waals surface area contributed by atoms with Crippen molar-refractivity contribution >= 4 is 22.8 Å². The second-order valence-electron chi connectivity index (χ2n) is 4.14. The van der Waals surface area contributed by atoms with Crippen LogP contribution >= 0.6 is 11.8 Å². The van der Waals surface area contributed by atoms with Gasteiger partial charge in [-0.1, -0.05) is 42.1 Å². The number of amides is 1. The molecule has 1 aliphatic heterocycles. The maximum atomic E-state index is 11.1. The number of likely N-dealkylation sites (N-methyl/N-ethyl adjacent to an activating group) is 1. The number of nitrogens with one attached hydrogen (secondary N) is 2. The van der Waals surface area contributed by atoms with Crippen LogP contribution in [0.4, 0.5) is 0 Å². The van der Waals surface area contributed by atoms with E-state index in [0.717, 1.165) is 17.3 Å². The summed E-state index contributed by atoms with van der Waals surface area (Å²) in [5, 5.41) is 6.78. The second-order valence-corrected chi connectivity index (χ2v) is 5.15. The quantitative estimate of drug-likeness (QED) is 0.853. The van der Waals surface area contributed by atoms with Crippen molar-refractivity contribution < 1.29 is 4.79 Å². The molecule has 1 heterocycles. The number of carbonyl (C=O) groups excluding carboxylic acids is 1. The van der Waals surface area contributed by atoms with Gasteiger partial charge in [0.15, 0.2) is 5.17 Å². The fraction of sp³-hybridized carbons (Fsp3) is 0.385. The molecule has 4 nitrogen and oxygen atoms in total. The van der Waals surface area contributed by atoms with Gasteiger partial charge >= 0.3 is 0 Å². The minimum Gasteiger partial charge on any atom is -0.361 e. The van der Waals surface area contributed by atoms with Crippen LogP contribution in [-0.2, 0) is 11.2 Å². The van der Waals surface area contributed by atoms with Crippen molar-refractivity contribution in [3.8, 4) is 0 Å². The van der Waals surface area contributed by atoms with Gasteiger partial charge in [0.05, 0.1) is 0 Å². The van der Waals surface area contributed by atoms with Gasteiger partial charge in [0.25, 0.3) is 0 Å². The van der Waals surface area contributed by atoms with E-state index in [2.05, 4.69) is 39.9 Å². The van der Waals surface area contributed by atoms with Crippen LogP contribution < -0.4 is 10.6 Å². The minimum atomic E-state index is -0.0589. The summed E-state index contributed by atoms with van der Waals surface area (Å²) in [7, 11) is 1.62. The van der Waals surface area contributed by atoms with Gasteiger partial charge in [-0.3, -0.25) is 9.79 Å². The molecule has 1 aromatic rings. The number of carbonyl (C=O) groups is 1. The van der Waals surface area contributed by atoms with Gasteiger partial charge in [-0.25, -0.2) is 0 Å². The first-order valence-electron chi connectivity index (χ1n) is 5.96. The van der Waals surface area contributed by atoms with Crippen molar-refractivity contribution in [1.82, 2.24) is 10.6 Å². The van der Waals surface area contributed by atoms with Gasteiger partial charge in [0.1, 0.15) is 6.54 Å². The Morgan fingerprint density at radius 3 is 3.00 bits per heavy atom. The second kappa shape index (κ2) is 6.44. The van der Waals surface area contributed by atoms with Crippen LogP contribution in [0.2, 0.25) is 0 Å². The van der Waals surface area contributed by atoms with Crippen LogP contribution in [0.3, 0.4) is 0 Å². The largest absolute Gasteiger partial charge is 0.361 e. The summed E-state index contributed by atoms with van der Waals surface area (Å²) in [5.74, 6) is 0.943. The van der Waals surface area contributed by atoms with Gasteiger partial charge in [0.2, 0.25) is 5.91 Å². The van der Waals surface area contributed by atoms with Crippen LogP contribution in [-0.4, -0.2) is 36.5 Å². The number of hydrogen-bond acceptors (Lipinski definition) is 3. The summed E-state index contributed by atoms with van der Waals surface area (Å²) in [5.41, 5.74) is 1.32. The highest BCUT2D eigenvalue weighted by molar-refractivity contribution is 8.14. The van der Waals surface area contributed by atoms with E-state index in [9.17, 15) is 4.79 Å². The zero-order valence-electron chi connectivity index (χ0n) is 10.3. The van der Waals surface area contributed by atoms with Crippen molar-refractivity contribution in [3.05, 3.63) is 35.9 Å². The summed E-state index contributed by atoms with van der Waals surface area (Å²) >= 11 is 1.68. The molecule has 1 aromatic carbocycles. The van der Waals surface area contributed by atoms with Crippen molar-refractivity contribution in [1.29, 1.82) is 0 Å². The van der Waals surface area contributed by atoms with Crippen LogP contribution in [0, 0.1) is 0 Å². The Hall–Kier alpha value is -1.49. The molecule has 0 aromatic heterocycles. The van der Waals surface area contributed by atoms with E-state index in [0.29, 0.717) is 6.04 Å². The van der Waals surface area contributed by atoms with Crippen LogP contribution in [0.1, 0.15) is 5.56 Å². The maximum absolute atomic E-state index is 11.1. The highest BCUT2D eigenvalue weighted by Gasteiger charge is 2.20. The van der Waals surface area contributed by atoms with E-state index in [4.69, 9.17) is 0 Å². The highest BCUT2D eigenvalue weighted by Crippen LogP contribution is 2.17. The zero-order chi connectivity index (χ0) is 12.8. The van der Waals surface area contributed by atoms with E-state index < -0.39 is 0 Å². The highest BCUT2D eigenvalue weighted by atomic mass is 32.2. The summed E-state index contributed by atoms with van der Waals surface area (Å²) < 4.78 is 0. The smallest absolute Gasteiger partial charge is 0.241 e. The number of rotatable bonds is 4. The molecule has 2 N–H and O–H groups in total. The van der Waals surface area contributed by atoms with Gasteiger partial charge < -0.3 is 10.6 Å². The number of hydrogen-bond donors (Lipinski definition) is 2. The van der Waals surface area contributed by atoms with Crippen LogP contribution in [0.5, 0.6) is 0 Å². The third-order valence-electron chi connectivity index (χ3n) is 2.72. The van der Waals surface area contributed by atoms with Gasteiger partial charge in [-0.05, 0) is 12.0 Å². The molecule has 0 spiro atoms. The first-order valence-corrected chi connectivity index (χ1v) is 6.95. The molecule has 0 bridgehead atoms. The number of amidine groups is 1. The number of aliphatic imine (C=N–C) groups is 1. The number of thioether (sulfide) groups is 1. The van der Waals surface area contributed by atoms with E-state index >= 15 is 0 Å². The molecule has 0 saturated carbocycles. The fourth-order valence-electron chi connectivity index (χ4n) is 1.76. The molecule has 1 fully saturated rings. The third-order valence-corrected chi connectivity index (χ3v) is 3.81. The van der Waals surface area contributed by atoms with E-state index in [1.807, 2.05) is 6.07 Å². The molecule has 1 saturated heterocycles. The Labute approximate surface area is 111 Å². The number of benzene rings is 1. The zero-order valence-corrected chi connectivity index (χ0v) is 11.2. The van der Waals surface area contributed by atoms with Gasteiger partial charge in [0, 0.05) is 18.8 Å². The summed E-state index contributed by atoms with van der Waals surface area (Å²) in [4.78, 5) is 15.3. The Bertz CT molecular complexity index is 433. The standard InChI is InChI=1S/C13H17N3OS/c1-14-12(17)8-15-13-16-11(9-18-13)7-10-5-3-2-4-6-10/h2-6,11H,7-9H2,1H3,(H,14,17)(H,15,16). The molecular weight excluding hydrogens is 246 g/mol. The van der Waals surface area contributed by atoms with Crippen molar-refractivity contribution in [2.75, 3.05) is 19.3 Å². The topological polar surface area (TPSA) is 53.5 Å².